The van der Waals surface area contributed by atoms with Crippen molar-refractivity contribution in [3.05, 3.63) is 46.2 Å². The van der Waals surface area contributed by atoms with Gasteiger partial charge >= 0.3 is 0 Å². The van der Waals surface area contributed by atoms with Crippen LogP contribution in [0.25, 0.3) is 0 Å². The number of methoxy groups -OCH3 is 1. The number of nitrogens with one attached hydrogen (secondary N) is 1. The summed E-state index contributed by atoms with van der Waals surface area (Å²) in [6.07, 6.45) is 2.18. The van der Waals surface area contributed by atoms with E-state index in [1.54, 1.807) is 29.5 Å². The Hall–Kier alpha value is -2.32. The SMILES string of the molecule is COc1cc(C#N)ccc1NC(=O)CCCc1cccs1. The van der Waals surface area contributed by atoms with Crippen molar-refractivity contribution < 1.29 is 9.53 Å². The van der Waals surface area contributed by atoms with Crippen molar-refractivity contribution in [3.8, 4) is 11.8 Å². The van der Waals surface area contributed by atoms with Crippen molar-refractivity contribution in [2.24, 2.45) is 0 Å². The molecule has 0 spiro atoms. The van der Waals surface area contributed by atoms with Gasteiger partial charge < -0.3 is 10.1 Å². The number of hydrogen-bond donors (Lipinski definition) is 1. The van der Waals surface area contributed by atoms with Gasteiger partial charge in [-0.1, -0.05) is 6.07 Å². The predicted molar refractivity (Wildman–Crippen MR) is 83.6 cm³/mol. The van der Waals surface area contributed by atoms with Crippen LogP contribution in [0.5, 0.6) is 5.75 Å². The molecule has 0 atom stereocenters. The second-order valence-electron chi connectivity index (χ2n) is 4.51. The maximum atomic E-state index is 11.9. The molecule has 1 heterocycles. The van der Waals surface area contributed by atoms with E-state index in [4.69, 9.17) is 10.00 Å². The Labute approximate surface area is 128 Å². The second-order valence-corrected chi connectivity index (χ2v) is 5.54. The number of nitrogens with zero attached hydrogens (tertiary/aromatic N) is 1. The van der Waals surface area contributed by atoms with E-state index in [9.17, 15) is 4.79 Å². The zero-order chi connectivity index (χ0) is 15.1. The summed E-state index contributed by atoms with van der Waals surface area (Å²) in [7, 11) is 1.52. The molecule has 1 N–H and O–H groups in total. The number of nitriles is 1. The number of carbonyl (C=O) groups is 1. The fourth-order valence-corrected chi connectivity index (χ4v) is 2.71. The molecule has 0 saturated heterocycles. The minimum Gasteiger partial charge on any atom is -0.495 e. The smallest absolute Gasteiger partial charge is 0.224 e. The predicted octanol–water partition coefficient (Wildman–Crippen LogP) is 3.59. The molecule has 2 rings (SSSR count). The molecule has 0 aliphatic heterocycles. The zero-order valence-corrected chi connectivity index (χ0v) is 12.6. The van der Waals surface area contributed by atoms with Gasteiger partial charge in [0.15, 0.2) is 0 Å². The molecule has 0 aliphatic rings. The molecular weight excluding hydrogens is 284 g/mol. The summed E-state index contributed by atoms with van der Waals surface area (Å²) in [5, 5.41) is 13.7. The van der Waals surface area contributed by atoms with Gasteiger partial charge in [0, 0.05) is 17.4 Å². The number of ether oxygens (including phenoxy) is 1. The molecule has 1 amide bonds. The molecule has 5 heteroatoms. The molecule has 2 aromatic rings. The Bertz CT molecular complexity index is 645. The molecule has 1 aromatic carbocycles. The third-order valence-corrected chi connectivity index (χ3v) is 3.95. The average Bonchev–Trinajstić information content (AvgIpc) is 3.01. The number of carbonyl (C=O) groups excluding carboxylic acids is 1. The van der Waals surface area contributed by atoms with E-state index in [0.717, 1.165) is 12.8 Å². The lowest BCUT2D eigenvalue weighted by atomic mass is 10.2. The largest absolute Gasteiger partial charge is 0.495 e. The number of hydrogen-bond acceptors (Lipinski definition) is 4. The summed E-state index contributed by atoms with van der Waals surface area (Å²) < 4.78 is 5.19. The number of amides is 1. The molecule has 0 unspecified atom stereocenters. The van der Waals surface area contributed by atoms with Crippen molar-refractivity contribution in [3.63, 3.8) is 0 Å². The fraction of sp³-hybridized carbons (Fsp3) is 0.250. The first kappa shape index (κ1) is 15.1. The first-order valence-corrected chi connectivity index (χ1v) is 7.51. The van der Waals surface area contributed by atoms with Gasteiger partial charge in [0.2, 0.25) is 5.91 Å². The molecule has 21 heavy (non-hydrogen) atoms. The van der Waals surface area contributed by atoms with Crippen molar-refractivity contribution in [2.45, 2.75) is 19.3 Å². The van der Waals surface area contributed by atoms with Crippen LogP contribution in [0.2, 0.25) is 0 Å². The summed E-state index contributed by atoms with van der Waals surface area (Å²) in [5.74, 6) is 0.454. The number of anilines is 1. The van der Waals surface area contributed by atoms with Gasteiger partial charge in [-0.25, -0.2) is 0 Å². The van der Waals surface area contributed by atoms with Gasteiger partial charge in [-0.2, -0.15) is 5.26 Å². The minimum absolute atomic E-state index is 0.0467. The number of thiophene rings is 1. The number of aryl methyl sites for hydroxylation is 1. The van der Waals surface area contributed by atoms with Crippen molar-refractivity contribution in [2.75, 3.05) is 12.4 Å². The van der Waals surface area contributed by atoms with E-state index in [-0.39, 0.29) is 5.91 Å². The quantitative estimate of drug-likeness (QED) is 0.886. The molecule has 0 bridgehead atoms. The highest BCUT2D eigenvalue weighted by Gasteiger charge is 2.08. The lowest BCUT2D eigenvalue weighted by Gasteiger charge is -2.10. The van der Waals surface area contributed by atoms with Gasteiger partial charge in [0.05, 0.1) is 24.4 Å². The van der Waals surface area contributed by atoms with Gasteiger partial charge in [0.25, 0.3) is 0 Å². The first-order chi connectivity index (χ1) is 10.2. The second kappa shape index (κ2) is 7.46. The third kappa shape index (κ3) is 4.33. The molecule has 1 aromatic heterocycles. The van der Waals surface area contributed by atoms with Gasteiger partial charge in [-0.3, -0.25) is 4.79 Å². The summed E-state index contributed by atoms with van der Waals surface area (Å²) in [6.45, 7) is 0. The van der Waals surface area contributed by atoms with Crippen LogP contribution in [0.1, 0.15) is 23.3 Å². The Morgan fingerprint density at radius 1 is 1.43 bits per heavy atom. The highest BCUT2D eigenvalue weighted by atomic mass is 32.1. The van der Waals surface area contributed by atoms with E-state index >= 15 is 0 Å². The molecule has 0 radical (unpaired) electrons. The van der Waals surface area contributed by atoms with Crippen LogP contribution in [-0.2, 0) is 11.2 Å². The highest BCUT2D eigenvalue weighted by molar-refractivity contribution is 7.09. The average molecular weight is 300 g/mol. The summed E-state index contributed by atoms with van der Waals surface area (Å²) in [5.41, 5.74) is 1.10. The maximum Gasteiger partial charge on any atom is 0.224 e. The van der Waals surface area contributed by atoms with Crippen molar-refractivity contribution in [1.82, 2.24) is 0 Å². The lowest BCUT2D eigenvalue weighted by Crippen LogP contribution is -2.12. The van der Waals surface area contributed by atoms with Crippen LogP contribution < -0.4 is 10.1 Å². The maximum absolute atomic E-state index is 11.9. The van der Waals surface area contributed by atoms with Crippen LogP contribution >= 0.6 is 11.3 Å². The third-order valence-electron chi connectivity index (χ3n) is 3.01. The van der Waals surface area contributed by atoms with E-state index in [0.29, 0.717) is 23.4 Å². The Morgan fingerprint density at radius 2 is 2.29 bits per heavy atom. The number of benzene rings is 1. The van der Waals surface area contributed by atoms with E-state index in [1.807, 2.05) is 17.5 Å². The Morgan fingerprint density at radius 3 is 2.95 bits per heavy atom. The van der Waals surface area contributed by atoms with E-state index < -0.39 is 0 Å². The molecule has 0 aliphatic carbocycles. The van der Waals surface area contributed by atoms with E-state index in [1.165, 1.54) is 12.0 Å². The normalized spacial score (nSPS) is 9.90. The first-order valence-electron chi connectivity index (χ1n) is 6.63. The zero-order valence-electron chi connectivity index (χ0n) is 11.8. The molecule has 108 valence electrons. The summed E-state index contributed by atoms with van der Waals surface area (Å²) in [4.78, 5) is 13.2. The van der Waals surface area contributed by atoms with Gasteiger partial charge in [-0.15, -0.1) is 11.3 Å². The van der Waals surface area contributed by atoms with Crippen LogP contribution in [-0.4, -0.2) is 13.0 Å². The van der Waals surface area contributed by atoms with Crippen LogP contribution in [0.15, 0.2) is 35.7 Å². The molecule has 0 saturated carbocycles. The Kier molecular flexibility index (Phi) is 5.35. The van der Waals surface area contributed by atoms with Gasteiger partial charge in [0.1, 0.15) is 5.75 Å². The molecule has 0 fully saturated rings. The standard InChI is InChI=1S/C16H16N2O2S/c1-20-15-10-12(11-17)7-8-14(15)18-16(19)6-2-4-13-5-3-9-21-13/h3,5,7-10H,2,4,6H2,1H3,(H,18,19). The van der Waals surface area contributed by atoms with Crippen LogP contribution in [0.4, 0.5) is 5.69 Å². The van der Waals surface area contributed by atoms with Crippen LogP contribution in [0.3, 0.4) is 0 Å². The van der Waals surface area contributed by atoms with Gasteiger partial charge in [-0.05, 0) is 36.4 Å². The Balaban J connectivity index is 1.89. The van der Waals surface area contributed by atoms with Crippen molar-refractivity contribution in [1.29, 1.82) is 5.26 Å². The minimum atomic E-state index is -0.0467. The lowest BCUT2D eigenvalue weighted by molar-refractivity contribution is -0.116. The number of rotatable bonds is 6. The van der Waals surface area contributed by atoms with Crippen molar-refractivity contribution >= 4 is 22.9 Å². The van der Waals surface area contributed by atoms with E-state index in [2.05, 4.69) is 11.4 Å². The summed E-state index contributed by atoms with van der Waals surface area (Å²) in [6, 6.07) is 11.1. The fourth-order valence-electron chi connectivity index (χ4n) is 1.95. The summed E-state index contributed by atoms with van der Waals surface area (Å²) >= 11 is 1.71. The van der Waals surface area contributed by atoms with Crippen LogP contribution in [0, 0.1) is 11.3 Å². The monoisotopic (exact) mass is 300 g/mol. The highest BCUT2D eigenvalue weighted by Crippen LogP contribution is 2.25. The molecular formula is C16H16N2O2S. The topological polar surface area (TPSA) is 62.1 Å². The molecule has 4 nitrogen and oxygen atoms in total.